The lowest BCUT2D eigenvalue weighted by atomic mass is 10.3. The number of unbranched alkanes of at least 4 members (excludes halogenated alkanes) is 1. The fourth-order valence-electron chi connectivity index (χ4n) is 1.10. The molecule has 17 heavy (non-hydrogen) atoms. The van der Waals surface area contributed by atoms with Crippen LogP contribution in [0.4, 0.5) is 0 Å². The van der Waals surface area contributed by atoms with E-state index >= 15 is 0 Å². The van der Waals surface area contributed by atoms with Gasteiger partial charge in [-0.3, -0.25) is 0 Å². The molecule has 0 aliphatic carbocycles. The van der Waals surface area contributed by atoms with Crippen LogP contribution in [-0.4, -0.2) is 26.0 Å². The van der Waals surface area contributed by atoms with Gasteiger partial charge in [0.05, 0.1) is 3.79 Å². The van der Waals surface area contributed by atoms with Gasteiger partial charge in [-0.25, -0.2) is 17.9 Å². The summed E-state index contributed by atoms with van der Waals surface area (Å²) in [7, 11) is -3.63. The molecule has 1 rings (SSSR count). The van der Waals surface area contributed by atoms with Crippen molar-refractivity contribution in [1.82, 2.24) is 4.72 Å². The molecule has 8 heteroatoms. The van der Waals surface area contributed by atoms with Crippen molar-refractivity contribution in [2.45, 2.75) is 24.7 Å². The quantitative estimate of drug-likeness (QED) is 0.777. The van der Waals surface area contributed by atoms with Crippen LogP contribution in [-0.2, 0) is 10.0 Å². The Kier molecular flexibility index (Phi) is 5.11. The van der Waals surface area contributed by atoms with Gasteiger partial charge in [0.2, 0.25) is 10.0 Å². The Morgan fingerprint density at radius 3 is 2.71 bits per heavy atom. The monoisotopic (exact) mass is 341 g/mol. The van der Waals surface area contributed by atoms with Crippen molar-refractivity contribution in [3.8, 4) is 0 Å². The van der Waals surface area contributed by atoms with Crippen LogP contribution in [0.15, 0.2) is 14.7 Å². The number of sulfonamides is 1. The summed E-state index contributed by atoms with van der Waals surface area (Å²) in [5.41, 5.74) is 0. The van der Waals surface area contributed by atoms with Crippen LogP contribution in [0.25, 0.3) is 0 Å². The zero-order valence-electron chi connectivity index (χ0n) is 9.07. The molecule has 0 bridgehead atoms. The van der Waals surface area contributed by atoms with E-state index in [-0.39, 0.29) is 9.77 Å². The third kappa shape index (κ3) is 3.77. The van der Waals surface area contributed by atoms with Crippen molar-refractivity contribution >= 4 is 43.3 Å². The van der Waals surface area contributed by atoms with Crippen LogP contribution in [0.3, 0.4) is 0 Å². The summed E-state index contributed by atoms with van der Waals surface area (Å²) in [5.74, 6) is -1.13. The van der Waals surface area contributed by atoms with Crippen LogP contribution < -0.4 is 4.72 Å². The highest BCUT2D eigenvalue weighted by Gasteiger charge is 2.22. The first-order chi connectivity index (χ1) is 7.88. The number of rotatable bonds is 6. The molecule has 1 aromatic heterocycles. The Morgan fingerprint density at radius 2 is 2.24 bits per heavy atom. The number of carbonyl (C=O) groups is 1. The molecule has 1 heterocycles. The van der Waals surface area contributed by atoms with Crippen LogP contribution in [0.5, 0.6) is 0 Å². The van der Waals surface area contributed by atoms with Crippen LogP contribution in [0.1, 0.15) is 29.4 Å². The van der Waals surface area contributed by atoms with Crippen molar-refractivity contribution in [2.75, 3.05) is 6.54 Å². The predicted molar refractivity (Wildman–Crippen MR) is 69.1 cm³/mol. The highest BCUT2D eigenvalue weighted by Crippen LogP contribution is 2.31. The van der Waals surface area contributed by atoms with Gasteiger partial charge in [0.15, 0.2) is 0 Å². The second-order valence-electron chi connectivity index (χ2n) is 3.31. The summed E-state index contributed by atoms with van der Waals surface area (Å²) in [4.78, 5) is 10.7. The molecule has 0 saturated carbocycles. The van der Waals surface area contributed by atoms with Crippen LogP contribution >= 0.6 is 27.3 Å². The normalized spacial score (nSPS) is 11.6. The minimum Gasteiger partial charge on any atom is -0.477 e. The Labute approximate surface area is 112 Å². The maximum Gasteiger partial charge on any atom is 0.345 e. The van der Waals surface area contributed by atoms with Gasteiger partial charge >= 0.3 is 5.97 Å². The SMILES string of the molecule is CCCCNS(=O)(=O)c1cc(C(=O)O)sc1Br. The highest BCUT2D eigenvalue weighted by atomic mass is 79.9. The summed E-state index contributed by atoms with van der Waals surface area (Å²) in [6.45, 7) is 2.31. The number of hydrogen-bond acceptors (Lipinski definition) is 4. The molecule has 2 N–H and O–H groups in total. The Hall–Kier alpha value is -0.440. The Balaban J connectivity index is 2.95. The van der Waals surface area contributed by atoms with Crippen LogP contribution in [0.2, 0.25) is 0 Å². The molecule has 0 atom stereocenters. The van der Waals surface area contributed by atoms with Gasteiger partial charge < -0.3 is 5.11 Å². The summed E-state index contributed by atoms with van der Waals surface area (Å²) >= 11 is 3.95. The third-order valence-corrected chi connectivity index (χ3v) is 5.68. The van der Waals surface area contributed by atoms with Gasteiger partial charge in [-0.15, -0.1) is 11.3 Å². The largest absolute Gasteiger partial charge is 0.477 e. The number of halogens is 1. The van der Waals surface area contributed by atoms with Crippen molar-refractivity contribution in [2.24, 2.45) is 0 Å². The third-order valence-electron chi connectivity index (χ3n) is 1.98. The molecule has 1 aromatic rings. The first kappa shape index (κ1) is 14.6. The van der Waals surface area contributed by atoms with E-state index in [9.17, 15) is 13.2 Å². The first-order valence-electron chi connectivity index (χ1n) is 4.90. The molecule has 0 unspecified atom stereocenters. The molecule has 0 spiro atoms. The fourth-order valence-corrected chi connectivity index (χ4v) is 4.58. The minimum absolute atomic E-state index is 0.00672. The molecule has 0 aromatic carbocycles. The van der Waals surface area contributed by atoms with E-state index in [0.29, 0.717) is 10.3 Å². The van der Waals surface area contributed by atoms with Gasteiger partial charge in [0.25, 0.3) is 0 Å². The molecule has 0 amide bonds. The summed E-state index contributed by atoms with van der Waals surface area (Å²) in [6.07, 6.45) is 1.63. The van der Waals surface area contributed by atoms with E-state index in [2.05, 4.69) is 20.7 Å². The standard InChI is InChI=1S/C9H12BrNO4S2/c1-2-3-4-11-17(14,15)7-5-6(9(12)13)16-8(7)10/h5,11H,2-4H2,1H3,(H,12,13). The van der Waals surface area contributed by atoms with E-state index in [4.69, 9.17) is 5.11 Å². The predicted octanol–water partition coefficient (Wildman–Crippen LogP) is 2.29. The topological polar surface area (TPSA) is 83.5 Å². The molecule has 5 nitrogen and oxygen atoms in total. The molecule has 0 radical (unpaired) electrons. The highest BCUT2D eigenvalue weighted by molar-refractivity contribution is 9.11. The number of carboxylic acid groups (broad SMARTS) is 1. The lowest BCUT2D eigenvalue weighted by Gasteiger charge is -2.04. The second kappa shape index (κ2) is 5.94. The average Bonchev–Trinajstić information content (AvgIpc) is 2.61. The van der Waals surface area contributed by atoms with Gasteiger partial charge in [0, 0.05) is 6.54 Å². The maximum atomic E-state index is 11.8. The van der Waals surface area contributed by atoms with Gasteiger partial charge in [-0.2, -0.15) is 0 Å². The molecule has 0 aliphatic rings. The molecule has 0 aliphatic heterocycles. The van der Waals surface area contributed by atoms with Gasteiger partial charge in [-0.05, 0) is 28.4 Å². The maximum absolute atomic E-state index is 11.8. The molecule has 96 valence electrons. The van der Waals surface area contributed by atoms with Crippen LogP contribution in [0, 0.1) is 0 Å². The lowest BCUT2D eigenvalue weighted by molar-refractivity contribution is 0.0702. The number of aromatic carboxylic acids is 1. The number of hydrogen-bond donors (Lipinski definition) is 2. The fraction of sp³-hybridized carbons (Fsp3) is 0.444. The average molecular weight is 342 g/mol. The summed E-state index contributed by atoms with van der Waals surface area (Å²) < 4.78 is 26.4. The molecular weight excluding hydrogens is 330 g/mol. The smallest absolute Gasteiger partial charge is 0.345 e. The second-order valence-corrected chi connectivity index (χ2v) is 7.41. The summed E-state index contributed by atoms with van der Waals surface area (Å²) in [5, 5.41) is 8.78. The zero-order valence-corrected chi connectivity index (χ0v) is 12.3. The Bertz CT molecular complexity index is 509. The number of thiophene rings is 1. The Morgan fingerprint density at radius 1 is 1.59 bits per heavy atom. The number of nitrogens with one attached hydrogen (secondary N) is 1. The van der Waals surface area contributed by atoms with Crippen molar-refractivity contribution in [3.05, 3.63) is 14.7 Å². The van der Waals surface area contributed by atoms with E-state index in [1.165, 1.54) is 0 Å². The summed E-state index contributed by atoms with van der Waals surface area (Å²) in [6, 6.07) is 1.16. The molecule has 0 fully saturated rings. The lowest BCUT2D eigenvalue weighted by Crippen LogP contribution is -2.24. The molecular formula is C9H12BrNO4S2. The van der Waals surface area contributed by atoms with E-state index in [1.807, 2.05) is 6.92 Å². The van der Waals surface area contributed by atoms with Gasteiger partial charge in [-0.1, -0.05) is 13.3 Å². The van der Waals surface area contributed by atoms with Crippen molar-refractivity contribution in [1.29, 1.82) is 0 Å². The van der Waals surface area contributed by atoms with Gasteiger partial charge in [0.1, 0.15) is 9.77 Å². The van der Waals surface area contributed by atoms with E-state index in [0.717, 1.165) is 30.2 Å². The number of carboxylic acids is 1. The van der Waals surface area contributed by atoms with E-state index < -0.39 is 16.0 Å². The van der Waals surface area contributed by atoms with Crippen molar-refractivity contribution < 1.29 is 18.3 Å². The minimum atomic E-state index is -3.63. The molecule has 0 saturated heterocycles. The zero-order chi connectivity index (χ0) is 13.1. The van der Waals surface area contributed by atoms with Crippen molar-refractivity contribution in [3.63, 3.8) is 0 Å². The first-order valence-corrected chi connectivity index (χ1v) is 8.00. The van der Waals surface area contributed by atoms with E-state index in [1.54, 1.807) is 0 Å².